The van der Waals surface area contributed by atoms with Gasteiger partial charge in [0.2, 0.25) is 0 Å². The molecule has 1 heterocycles. The number of aromatic nitrogens is 2. The van der Waals surface area contributed by atoms with Crippen LogP contribution < -0.4 is 10.2 Å². The Kier molecular flexibility index (Phi) is 5.31. The van der Waals surface area contributed by atoms with E-state index in [1.165, 1.54) is 11.9 Å². The van der Waals surface area contributed by atoms with Gasteiger partial charge < -0.3 is 15.3 Å². The van der Waals surface area contributed by atoms with Crippen molar-refractivity contribution in [2.24, 2.45) is 0 Å². The molecule has 5 nitrogen and oxygen atoms in total. The van der Waals surface area contributed by atoms with Crippen molar-refractivity contribution >= 4 is 27.6 Å². The number of rotatable bonds is 6. The van der Waals surface area contributed by atoms with Gasteiger partial charge in [0.1, 0.15) is 18.0 Å². The van der Waals surface area contributed by atoms with Crippen molar-refractivity contribution < 1.29 is 5.11 Å². The molecule has 0 fully saturated rings. The number of aliphatic hydroxyl groups excluding tert-OH is 1. The Morgan fingerprint density at radius 2 is 2.15 bits per heavy atom. The van der Waals surface area contributed by atoms with E-state index in [-0.39, 0.29) is 6.61 Å². The fourth-order valence-electron chi connectivity index (χ4n) is 1.76. The predicted molar refractivity (Wildman–Crippen MR) is 83.9 cm³/mol. The van der Waals surface area contributed by atoms with E-state index in [0.29, 0.717) is 13.1 Å². The van der Waals surface area contributed by atoms with E-state index in [1.807, 2.05) is 30.1 Å². The lowest BCUT2D eigenvalue weighted by Crippen LogP contribution is -2.22. The molecule has 0 saturated heterocycles. The number of aliphatic hydroxyl groups is 1. The predicted octanol–water partition coefficient (Wildman–Crippen LogP) is 2.28. The van der Waals surface area contributed by atoms with Crippen LogP contribution in [0.15, 0.2) is 41.1 Å². The highest BCUT2D eigenvalue weighted by Gasteiger charge is 2.03. The summed E-state index contributed by atoms with van der Waals surface area (Å²) in [4.78, 5) is 10.3. The molecule has 20 heavy (non-hydrogen) atoms. The topological polar surface area (TPSA) is 61.3 Å². The van der Waals surface area contributed by atoms with Crippen LogP contribution in [0.3, 0.4) is 0 Å². The second-order valence-electron chi connectivity index (χ2n) is 4.39. The lowest BCUT2D eigenvalue weighted by Gasteiger charge is -2.17. The average molecular weight is 337 g/mol. The number of benzene rings is 1. The van der Waals surface area contributed by atoms with E-state index in [2.05, 4.69) is 43.3 Å². The third-order valence-corrected chi connectivity index (χ3v) is 3.34. The minimum Gasteiger partial charge on any atom is -0.395 e. The summed E-state index contributed by atoms with van der Waals surface area (Å²) in [5.74, 6) is 1.55. The third kappa shape index (κ3) is 4.18. The standard InChI is InChI=1S/C14H17BrN4O/c1-19(5-6-20)14-8-13(17-10-18-14)16-9-11-3-2-4-12(15)7-11/h2-4,7-8,10,20H,5-6,9H2,1H3,(H,16,17,18). The number of nitrogens with one attached hydrogen (secondary N) is 1. The molecule has 2 N–H and O–H groups in total. The Bertz CT molecular complexity index is 564. The molecule has 0 unspecified atom stereocenters. The van der Waals surface area contributed by atoms with E-state index >= 15 is 0 Å². The molecule has 0 aliphatic carbocycles. The van der Waals surface area contributed by atoms with E-state index in [1.54, 1.807) is 0 Å². The fourth-order valence-corrected chi connectivity index (χ4v) is 2.20. The molecule has 0 aliphatic heterocycles. The van der Waals surface area contributed by atoms with Crippen molar-refractivity contribution in [1.29, 1.82) is 0 Å². The van der Waals surface area contributed by atoms with Crippen molar-refractivity contribution in [1.82, 2.24) is 9.97 Å². The van der Waals surface area contributed by atoms with Crippen LogP contribution in [0.4, 0.5) is 11.6 Å². The Balaban J connectivity index is 2.01. The number of hydrogen-bond acceptors (Lipinski definition) is 5. The molecule has 0 radical (unpaired) electrons. The van der Waals surface area contributed by atoms with E-state index in [9.17, 15) is 0 Å². The van der Waals surface area contributed by atoms with Crippen LogP contribution in [0.2, 0.25) is 0 Å². The van der Waals surface area contributed by atoms with Crippen LogP contribution in [0.25, 0.3) is 0 Å². The molecule has 1 aromatic heterocycles. The molecular formula is C14H17BrN4O. The summed E-state index contributed by atoms with van der Waals surface area (Å²) in [5.41, 5.74) is 1.17. The quantitative estimate of drug-likeness (QED) is 0.847. The largest absolute Gasteiger partial charge is 0.395 e. The molecule has 6 heteroatoms. The number of likely N-dealkylation sites (N-methyl/N-ethyl adjacent to an activating group) is 1. The van der Waals surface area contributed by atoms with E-state index < -0.39 is 0 Å². The molecule has 0 amide bonds. The summed E-state index contributed by atoms with van der Waals surface area (Å²) in [7, 11) is 1.89. The smallest absolute Gasteiger partial charge is 0.133 e. The highest BCUT2D eigenvalue weighted by molar-refractivity contribution is 9.10. The van der Waals surface area contributed by atoms with Gasteiger partial charge in [-0.05, 0) is 17.7 Å². The second kappa shape index (κ2) is 7.21. The second-order valence-corrected chi connectivity index (χ2v) is 5.31. The van der Waals surface area contributed by atoms with Gasteiger partial charge in [-0.3, -0.25) is 0 Å². The van der Waals surface area contributed by atoms with Crippen molar-refractivity contribution in [3.63, 3.8) is 0 Å². The first-order valence-electron chi connectivity index (χ1n) is 6.31. The van der Waals surface area contributed by atoms with Crippen molar-refractivity contribution in [2.75, 3.05) is 30.4 Å². The van der Waals surface area contributed by atoms with Crippen LogP contribution in [0.5, 0.6) is 0 Å². The van der Waals surface area contributed by atoms with E-state index in [4.69, 9.17) is 5.11 Å². The molecular weight excluding hydrogens is 320 g/mol. The molecule has 106 valence electrons. The Morgan fingerprint density at radius 3 is 2.90 bits per heavy atom. The van der Waals surface area contributed by atoms with Gasteiger partial charge >= 0.3 is 0 Å². The molecule has 0 saturated carbocycles. The minimum atomic E-state index is 0.0985. The van der Waals surface area contributed by atoms with Crippen molar-refractivity contribution in [3.05, 3.63) is 46.7 Å². The van der Waals surface area contributed by atoms with Crippen LogP contribution in [0.1, 0.15) is 5.56 Å². The highest BCUT2D eigenvalue weighted by Crippen LogP contribution is 2.15. The number of nitrogens with zero attached hydrogens (tertiary/aromatic N) is 3. The lowest BCUT2D eigenvalue weighted by molar-refractivity contribution is 0.304. The van der Waals surface area contributed by atoms with Gasteiger partial charge in [0.05, 0.1) is 6.61 Å². The first-order chi connectivity index (χ1) is 9.69. The van der Waals surface area contributed by atoms with E-state index in [0.717, 1.165) is 16.1 Å². The molecule has 1 aromatic carbocycles. The normalized spacial score (nSPS) is 10.3. The summed E-state index contributed by atoms with van der Waals surface area (Å²) < 4.78 is 1.06. The summed E-state index contributed by atoms with van der Waals surface area (Å²) in [6.07, 6.45) is 1.52. The Labute approximate surface area is 126 Å². The summed E-state index contributed by atoms with van der Waals surface area (Å²) in [5, 5.41) is 12.2. The molecule has 0 aliphatic rings. The molecule has 2 rings (SSSR count). The van der Waals surface area contributed by atoms with Gasteiger partial charge in [0.15, 0.2) is 0 Å². The Hall–Kier alpha value is -1.66. The van der Waals surface area contributed by atoms with Crippen LogP contribution in [-0.4, -0.2) is 35.3 Å². The van der Waals surface area contributed by atoms with Gasteiger partial charge in [0, 0.05) is 30.7 Å². The zero-order chi connectivity index (χ0) is 14.4. The first kappa shape index (κ1) is 14.7. The summed E-state index contributed by atoms with van der Waals surface area (Å²) in [6, 6.07) is 9.98. The fraction of sp³-hybridized carbons (Fsp3) is 0.286. The monoisotopic (exact) mass is 336 g/mol. The molecule has 0 spiro atoms. The van der Waals surface area contributed by atoms with Gasteiger partial charge in [-0.15, -0.1) is 0 Å². The van der Waals surface area contributed by atoms with Crippen molar-refractivity contribution in [3.8, 4) is 0 Å². The number of hydrogen-bond donors (Lipinski definition) is 2. The van der Waals surface area contributed by atoms with Crippen LogP contribution >= 0.6 is 15.9 Å². The lowest BCUT2D eigenvalue weighted by atomic mass is 10.2. The highest BCUT2D eigenvalue weighted by atomic mass is 79.9. The zero-order valence-corrected chi connectivity index (χ0v) is 12.8. The maximum atomic E-state index is 8.94. The summed E-state index contributed by atoms with van der Waals surface area (Å²) in [6.45, 7) is 1.34. The van der Waals surface area contributed by atoms with Crippen molar-refractivity contribution in [2.45, 2.75) is 6.54 Å². The Morgan fingerprint density at radius 1 is 1.30 bits per heavy atom. The molecule has 2 aromatic rings. The van der Waals surface area contributed by atoms with Gasteiger partial charge in [0.25, 0.3) is 0 Å². The average Bonchev–Trinajstić information content (AvgIpc) is 2.46. The summed E-state index contributed by atoms with van der Waals surface area (Å²) >= 11 is 3.45. The SMILES string of the molecule is CN(CCO)c1cc(NCc2cccc(Br)c2)ncn1. The minimum absolute atomic E-state index is 0.0985. The number of halogens is 1. The molecule has 0 atom stereocenters. The molecule has 0 bridgehead atoms. The zero-order valence-electron chi connectivity index (χ0n) is 11.3. The first-order valence-corrected chi connectivity index (χ1v) is 7.10. The maximum Gasteiger partial charge on any atom is 0.133 e. The maximum absolute atomic E-state index is 8.94. The van der Waals surface area contributed by atoms with Gasteiger partial charge in [-0.2, -0.15) is 0 Å². The van der Waals surface area contributed by atoms with Gasteiger partial charge in [-0.25, -0.2) is 9.97 Å². The van der Waals surface area contributed by atoms with Gasteiger partial charge in [-0.1, -0.05) is 28.1 Å². The van der Waals surface area contributed by atoms with Crippen LogP contribution in [0, 0.1) is 0 Å². The third-order valence-electron chi connectivity index (χ3n) is 2.84. The van der Waals surface area contributed by atoms with Crippen LogP contribution in [-0.2, 0) is 6.54 Å². The number of anilines is 2.